The lowest BCUT2D eigenvalue weighted by atomic mass is 10.0. The van der Waals surface area contributed by atoms with Crippen molar-refractivity contribution >= 4 is 16.9 Å². The van der Waals surface area contributed by atoms with Crippen LogP contribution in [0.3, 0.4) is 0 Å². The normalized spacial score (nSPS) is 12.2. The highest BCUT2D eigenvalue weighted by atomic mass is 15.3. The van der Waals surface area contributed by atoms with Crippen LogP contribution in [0.2, 0.25) is 0 Å². The van der Waals surface area contributed by atoms with Gasteiger partial charge >= 0.3 is 0 Å². The second-order valence-corrected chi connectivity index (χ2v) is 5.47. The Morgan fingerprint density at radius 2 is 1.79 bits per heavy atom. The number of nitrogens with one attached hydrogen (secondary N) is 1. The largest absolute Gasteiger partial charge is 0.357 e. The zero-order chi connectivity index (χ0) is 16.4. The number of rotatable bonds is 4. The molecule has 3 aromatic heterocycles. The van der Waals surface area contributed by atoms with Crippen LogP contribution in [0.25, 0.3) is 11.0 Å². The van der Waals surface area contributed by atoms with Gasteiger partial charge in [-0.2, -0.15) is 5.10 Å². The molecule has 6 nitrogen and oxygen atoms in total. The highest BCUT2D eigenvalue weighted by Gasteiger charge is 2.18. The number of nitrogens with zero attached hydrogens (tertiary/aromatic N) is 5. The van der Waals surface area contributed by atoms with Crippen molar-refractivity contribution in [3.63, 3.8) is 0 Å². The van der Waals surface area contributed by atoms with E-state index in [1.165, 1.54) is 0 Å². The number of fused-ring (bicyclic) bond motifs is 1. The lowest BCUT2D eigenvalue weighted by Crippen LogP contribution is -2.15. The van der Waals surface area contributed by atoms with Crippen molar-refractivity contribution in [2.45, 2.75) is 6.04 Å². The van der Waals surface area contributed by atoms with E-state index in [0.717, 1.165) is 28.1 Å². The fourth-order valence-electron chi connectivity index (χ4n) is 2.73. The topological polar surface area (TPSA) is 68.5 Å². The molecule has 0 bridgehead atoms. The molecule has 0 aliphatic rings. The summed E-state index contributed by atoms with van der Waals surface area (Å²) in [6.07, 6.45) is 5.12. The van der Waals surface area contributed by atoms with Crippen molar-refractivity contribution in [2.75, 3.05) is 5.32 Å². The number of aromatic nitrogens is 5. The van der Waals surface area contributed by atoms with Crippen LogP contribution in [0.4, 0.5) is 5.82 Å². The molecule has 4 aromatic rings. The van der Waals surface area contributed by atoms with Crippen molar-refractivity contribution in [2.24, 2.45) is 7.05 Å². The fourth-order valence-corrected chi connectivity index (χ4v) is 2.73. The molecule has 6 heteroatoms. The van der Waals surface area contributed by atoms with Crippen molar-refractivity contribution in [3.8, 4) is 0 Å². The molecular formula is C18H16N6. The molecule has 1 atom stereocenters. The number of pyridine rings is 1. The summed E-state index contributed by atoms with van der Waals surface area (Å²) in [6, 6.07) is 16.0. The third kappa shape index (κ3) is 2.58. The SMILES string of the molecule is Cn1ncc2c(N[C@H](c3ccccc3)c3ccccn3)ncnc21. The summed E-state index contributed by atoms with van der Waals surface area (Å²) in [5, 5.41) is 8.65. The van der Waals surface area contributed by atoms with Crippen molar-refractivity contribution < 1.29 is 0 Å². The molecule has 118 valence electrons. The molecule has 0 saturated heterocycles. The first kappa shape index (κ1) is 14.3. The van der Waals surface area contributed by atoms with E-state index in [-0.39, 0.29) is 6.04 Å². The molecule has 0 amide bonds. The molecule has 4 rings (SSSR count). The van der Waals surface area contributed by atoms with Crippen LogP contribution in [0.1, 0.15) is 17.3 Å². The highest BCUT2D eigenvalue weighted by molar-refractivity contribution is 5.86. The molecule has 0 fully saturated rings. The molecular weight excluding hydrogens is 300 g/mol. The number of hydrogen-bond donors (Lipinski definition) is 1. The van der Waals surface area contributed by atoms with Crippen LogP contribution in [0, 0.1) is 0 Å². The monoisotopic (exact) mass is 316 g/mol. The van der Waals surface area contributed by atoms with Crippen LogP contribution in [-0.2, 0) is 7.05 Å². The molecule has 0 aliphatic carbocycles. The molecule has 1 N–H and O–H groups in total. The molecule has 24 heavy (non-hydrogen) atoms. The first-order valence-electron chi connectivity index (χ1n) is 7.68. The lowest BCUT2D eigenvalue weighted by Gasteiger charge is -2.19. The predicted molar refractivity (Wildman–Crippen MR) is 92.4 cm³/mol. The van der Waals surface area contributed by atoms with Gasteiger partial charge in [0.05, 0.1) is 23.3 Å². The van der Waals surface area contributed by atoms with Gasteiger partial charge in [0.1, 0.15) is 12.1 Å². The first-order valence-corrected chi connectivity index (χ1v) is 7.68. The third-order valence-corrected chi connectivity index (χ3v) is 3.93. The van der Waals surface area contributed by atoms with Crippen LogP contribution in [0.15, 0.2) is 67.3 Å². The summed E-state index contributed by atoms with van der Waals surface area (Å²) in [7, 11) is 1.87. The fraction of sp³-hybridized carbons (Fsp3) is 0.111. The summed E-state index contributed by atoms with van der Waals surface area (Å²) in [6.45, 7) is 0. The Balaban J connectivity index is 1.80. The van der Waals surface area contributed by atoms with Gasteiger partial charge in [-0.15, -0.1) is 0 Å². The Hall–Kier alpha value is -3.28. The van der Waals surface area contributed by atoms with Gasteiger partial charge in [-0.1, -0.05) is 36.4 Å². The zero-order valence-corrected chi connectivity index (χ0v) is 13.2. The van der Waals surface area contributed by atoms with Crippen LogP contribution in [0.5, 0.6) is 0 Å². The summed E-state index contributed by atoms with van der Waals surface area (Å²) in [5.41, 5.74) is 2.84. The van der Waals surface area contributed by atoms with Crippen LogP contribution < -0.4 is 5.32 Å². The van der Waals surface area contributed by atoms with Gasteiger partial charge in [0.25, 0.3) is 0 Å². The van der Waals surface area contributed by atoms with E-state index in [1.54, 1.807) is 23.4 Å². The van der Waals surface area contributed by atoms with E-state index in [4.69, 9.17) is 0 Å². The lowest BCUT2D eigenvalue weighted by molar-refractivity contribution is 0.785. The molecule has 0 aliphatic heterocycles. The minimum atomic E-state index is -0.106. The van der Waals surface area contributed by atoms with Gasteiger partial charge in [-0.05, 0) is 17.7 Å². The first-order chi connectivity index (χ1) is 11.8. The molecule has 0 spiro atoms. The van der Waals surface area contributed by atoms with Crippen molar-refractivity contribution in [1.82, 2.24) is 24.7 Å². The van der Waals surface area contributed by atoms with E-state index >= 15 is 0 Å². The Labute approximate surface area is 139 Å². The Morgan fingerprint density at radius 3 is 2.58 bits per heavy atom. The van der Waals surface area contributed by atoms with E-state index in [1.807, 2.05) is 43.4 Å². The highest BCUT2D eigenvalue weighted by Crippen LogP contribution is 2.27. The van der Waals surface area contributed by atoms with Gasteiger partial charge in [-0.3, -0.25) is 9.67 Å². The van der Waals surface area contributed by atoms with Crippen molar-refractivity contribution in [3.05, 3.63) is 78.5 Å². The van der Waals surface area contributed by atoms with Gasteiger partial charge < -0.3 is 5.32 Å². The molecule has 0 saturated carbocycles. The maximum Gasteiger partial charge on any atom is 0.163 e. The van der Waals surface area contributed by atoms with E-state index < -0.39 is 0 Å². The standard InChI is InChI=1S/C18H16N6/c1-24-18-14(11-22-24)17(20-12-21-18)23-16(13-7-3-2-4-8-13)15-9-5-6-10-19-15/h2-12,16H,1H3,(H,20,21,23)/t16-/m1/s1. The van der Waals surface area contributed by atoms with Gasteiger partial charge in [0, 0.05) is 13.2 Å². The number of anilines is 1. The number of hydrogen-bond acceptors (Lipinski definition) is 5. The Kier molecular flexibility index (Phi) is 3.63. The van der Waals surface area contributed by atoms with Crippen LogP contribution in [-0.4, -0.2) is 24.7 Å². The zero-order valence-electron chi connectivity index (χ0n) is 13.2. The molecule has 1 aromatic carbocycles. The summed E-state index contributed by atoms with van der Waals surface area (Å²) < 4.78 is 1.74. The minimum Gasteiger partial charge on any atom is -0.357 e. The number of aryl methyl sites for hydroxylation is 1. The summed E-state index contributed by atoms with van der Waals surface area (Å²) in [4.78, 5) is 13.2. The maximum absolute atomic E-state index is 4.51. The average molecular weight is 316 g/mol. The molecule has 3 heterocycles. The van der Waals surface area contributed by atoms with Crippen molar-refractivity contribution in [1.29, 1.82) is 0 Å². The minimum absolute atomic E-state index is 0.106. The smallest absolute Gasteiger partial charge is 0.163 e. The third-order valence-electron chi connectivity index (χ3n) is 3.93. The van der Waals surface area contributed by atoms with Gasteiger partial charge in [0.2, 0.25) is 0 Å². The summed E-state index contributed by atoms with van der Waals surface area (Å²) in [5.74, 6) is 0.743. The van der Waals surface area contributed by atoms with Gasteiger partial charge in [0.15, 0.2) is 5.65 Å². The molecule has 0 radical (unpaired) electrons. The Bertz CT molecular complexity index is 910. The molecule has 0 unspecified atom stereocenters. The maximum atomic E-state index is 4.51. The number of benzene rings is 1. The van der Waals surface area contributed by atoms with E-state index in [2.05, 4.69) is 37.5 Å². The van der Waals surface area contributed by atoms with Crippen LogP contribution >= 0.6 is 0 Å². The second kappa shape index (κ2) is 6.08. The van der Waals surface area contributed by atoms with Gasteiger partial charge in [-0.25, -0.2) is 9.97 Å². The summed E-state index contributed by atoms with van der Waals surface area (Å²) >= 11 is 0. The van der Waals surface area contributed by atoms with E-state index in [9.17, 15) is 0 Å². The Morgan fingerprint density at radius 1 is 0.958 bits per heavy atom. The predicted octanol–water partition coefficient (Wildman–Crippen LogP) is 2.96. The van der Waals surface area contributed by atoms with E-state index in [0.29, 0.717) is 0 Å². The quantitative estimate of drug-likeness (QED) is 0.627. The average Bonchev–Trinajstić information content (AvgIpc) is 3.03. The second-order valence-electron chi connectivity index (χ2n) is 5.47.